The molecule has 0 fully saturated rings. The van der Waals surface area contributed by atoms with Gasteiger partial charge in [0, 0.05) is 5.54 Å². The van der Waals surface area contributed by atoms with Crippen LogP contribution in [0.3, 0.4) is 0 Å². The molecule has 0 spiro atoms. The molecule has 1 rings (SSSR count). The molecule has 120 valence electrons. The van der Waals surface area contributed by atoms with E-state index in [0.29, 0.717) is 12.5 Å². The molecule has 0 amide bonds. The Morgan fingerprint density at radius 1 is 1.33 bits per heavy atom. The SMILES string of the molecule is CCC(CO)(CCCOc1cc(C(C)C)ccc1C)NC. The number of aliphatic hydroxyl groups excluding tert-OH is 1. The first-order chi connectivity index (χ1) is 9.98. The molecule has 0 saturated heterocycles. The average Bonchev–Trinajstić information content (AvgIpc) is 2.49. The molecule has 0 aliphatic heterocycles. The van der Waals surface area contributed by atoms with Crippen LogP contribution in [0.1, 0.15) is 57.1 Å². The Morgan fingerprint density at radius 2 is 2.05 bits per heavy atom. The van der Waals surface area contributed by atoms with Crippen LogP contribution >= 0.6 is 0 Å². The van der Waals surface area contributed by atoms with Crippen molar-refractivity contribution in [3.8, 4) is 5.75 Å². The minimum atomic E-state index is -0.168. The lowest BCUT2D eigenvalue weighted by Gasteiger charge is -2.30. The normalized spacial score (nSPS) is 14.2. The van der Waals surface area contributed by atoms with Crippen molar-refractivity contribution in [2.45, 2.75) is 58.4 Å². The maximum absolute atomic E-state index is 9.53. The summed E-state index contributed by atoms with van der Waals surface area (Å²) in [5.74, 6) is 1.50. The minimum absolute atomic E-state index is 0.168. The number of ether oxygens (including phenoxy) is 1. The molecule has 1 atom stereocenters. The number of nitrogens with one attached hydrogen (secondary N) is 1. The Hall–Kier alpha value is -1.06. The molecule has 3 nitrogen and oxygen atoms in total. The van der Waals surface area contributed by atoms with Crippen molar-refractivity contribution in [2.24, 2.45) is 0 Å². The van der Waals surface area contributed by atoms with E-state index in [-0.39, 0.29) is 12.1 Å². The van der Waals surface area contributed by atoms with Gasteiger partial charge in [-0.15, -0.1) is 0 Å². The molecular formula is C18H31NO2. The maximum Gasteiger partial charge on any atom is 0.122 e. The summed E-state index contributed by atoms with van der Waals surface area (Å²) in [7, 11) is 1.91. The molecule has 1 aromatic carbocycles. The van der Waals surface area contributed by atoms with E-state index in [4.69, 9.17) is 4.74 Å². The number of rotatable bonds is 9. The predicted octanol–water partition coefficient (Wildman–Crippen LogP) is 3.64. The van der Waals surface area contributed by atoms with Crippen LogP contribution in [0.5, 0.6) is 5.75 Å². The zero-order valence-corrected chi connectivity index (χ0v) is 14.2. The quantitative estimate of drug-likeness (QED) is 0.683. The van der Waals surface area contributed by atoms with Crippen LogP contribution in [0, 0.1) is 6.92 Å². The van der Waals surface area contributed by atoms with E-state index in [1.54, 1.807) is 0 Å². The average molecular weight is 293 g/mol. The van der Waals surface area contributed by atoms with E-state index in [0.717, 1.165) is 25.0 Å². The van der Waals surface area contributed by atoms with Crippen molar-refractivity contribution in [3.63, 3.8) is 0 Å². The Morgan fingerprint density at radius 3 is 2.57 bits per heavy atom. The number of hydrogen-bond donors (Lipinski definition) is 2. The molecule has 1 aromatic rings. The summed E-state index contributed by atoms with van der Waals surface area (Å²) in [4.78, 5) is 0. The largest absolute Gasteiger partial charge is 0.493 e. The van der Waals surface area contributed by atoms with Crippen molar-refractivity contribution in [3.05, 3.63) is 29.3 Å². The first kappa shape index (κ1) is 18.0. The van der Waals surface area contributed by atoms with E-state index in [1.165, 1.54) is 11.1 Å². The van der Waals surface area contributed by atoms with E-state index in [9.17, 15) is 5.11 Å². The van der Waals surface area contributed by atoms with Gasteiger partial charge in [0.2, 0.25) is 0 Å². The van der Waals surface area contributed by atoms with E-state index in [1.807, 2.05) is 7.05 Å². The van der Waals surface area contributed by atoms with Crippen molar-refractivity contribution >= 4 is 0 Å². The zero-order chi connectivity index (χ0) is 15.9. The lowest BCUT2D eigenvalue weighted by molar-refractivity contribution is 0.145. The number of benzene rings is 1. The summed E-state index contributed by atoms with van der Waals surface area (Å²) in [6.07, 6.45) is 2.77. The Bertz CT molecular complexity index is 417. The van der Waals surface area contributed by atoms with Crippen molar-refractivity contribution in [2.75, 3.05) is 20.3 Å². The fourth-order valence-corrected chi connectivity index (χ4v) is 2.47. The van der Waals surface area contributed by atoms with Gasteiger partial charge >= 0.3 is 0 Å². The van der Waals surface area contributed by atoms with Crippen LogP contribution in [0.25, 0.3) is 0 Å². The Kier molecular flexibility index (Phi) is 7.20. The fraction of sp³-hybridized carbons (Fsp3) is 0.667. The second-order valence-electron chi connectivity index (χ2n) is 6.17. The van der Waals surface area contributed by atoms with E-state index in [2.05, 4.69) is 51.2 Å². The number of aryl methyl sites for hydroxylation is 1. The Labute approximate surface area is 129 Å². The maximum atomic E-state index is 9.53. The third-order valence-corrected chi connectivity index (χ3v) is 4.45. The van der Waals surface area contributed by atoms with Crippen LogP contribution < -0.4 is 10.1 Å². The van der Waals surface area contributed by atoms with Crippen molar-refractivity contribution in [1.82, 2.24) is 5.32 Å². The molecule has 0 aromatic heterocycles. The Balaban J connectivity index is 2.54. The van der Waals surface area contributed by atoms with Crippen LogP contribution in [-0.4, -0.2) is 30.9 Å². The highest BCUT2D eigenvalue weighted by Gasteiger charge is 2.24. The lowest BCUT2D eigenvalue weighted by Crippen LogP contribution is -2.46. The van der Waals surface area contributed by atoms with E-state index >= 15 is 0 Å². The van der Waals surface area contributed by atoms with Gasteiger partial charge in [0.05, 0.1) is 13.2 Å². The van der Waals surface area contributed by atoms with Crippen LogP contribution in [0.4, 0.5) is 0 Å². The summed E-state index contributed by atoms with van der Waals surface area (Å²) < 4.78 is 5.95. The van der Waals surface area contributed by atoms with Gasteiger partial charge in [-0.05, 0) is 56.3 Å². The second kappa shape index (κ2) is 8.40. The molecule has 0 bridgehead atoms. The van der Waals surface area contributed by atoms with Gasteiger partial charge in [0.25, 0.3) is 0 Å². The van der Waals surface area contributed by atoms with Gasteiger partial charge in [-0.25, -0.2) is 0 Å². The molecule has 1 unspecified atom stereocenters. The van der Waals surface area contributed by atoms with Crippen molar-refractivity contribution < 1.29 is 9.84 Å². The highest BCUT2D eigenvalue weighted by atomic mass is 16.5. The van der Waals surface area contributed by atoms with Gasteiger partial charge in [0.1, 0.15) is 5.75 Å². The van der Waals surface area contributed by atoms with Crippen LogP contribution in [0.15, 0.2) is 18.2 Å². The molecule has 0 aliphatic carbocycles. The molecule has 0 radical (unpaired) electrons. The summed E-state index contributed by atoms with van der Waals surface area (Å²) in [6.45, 7) is 9.42. The van der Waals surface area contributed by atoms with E-state index < -0.39 is 0 Å². The van der Waals surface area contributed by atoms with Crippen LogP contribution in [0.2, 0.25) is 0 Å². The highest BCUT2D eigenvalue weighted by molar-refractivity contribution is 5.37. The number of hydrogen-bond acceptors (Lipinski definition) is 3. The van der Waals surface area contributed by atoms with Gasteiger partial charge in [-0.3, -0.25) is 0 Å². The molecule has 0 heterocycles. The monoisotopic (exact) mass is 293 g/mol. The summed E-state index contributed by atoms with van der Waals surface area (Å²) >= 11 is 0. The van der Waals surface area contributed by atoms with Crippen molar-refractivity contribution in [1.29, 1.82) is 0 Å². The van der Waals surface area contributed by atoms with Gasteiger partial charge < -0.3 is 15.2 Å². The summed E-state index contributed by atoms with van der Waals surface area (Å²) in [5, 5.41) is 12.8. The predicted molar refractivity (Wildman–Crippen MR) is 89.2 cm³/mol. The van der Waals surface area contributed by atoms with Gasteiger partial charge in [-0.2, -0.15) is 0 Å². The third-order valence-electron chi connectivity index (χ3n) is 4.45. The topological polar surface area (TPSA) is 41.5 Å². The minimum Gasteiger partial charge on any atom is -0.493 e. The van der Waals surface area contributed by atoms with Gasteiger partial charge in [0.15, 0.2) is 0 Å². The first-order valence-electron chi connectivity index (χ1n) is 8.01. The summed E-state index contributed by atoms with van der Waals surface area (Å²) in [6, 6.07) is 6.45. The summed E-state index contributed by atoms with van der Waals surface area (Å²) in [5.41, 5.74) is 2.32. The first-order valence-corrected chi connectivity index (χ1v) is 8.01. The number of aliphatic hydroxyl groups is 1. The smallest absolute Gasteiger partial charge is 0.122 e. The molecule has 3 heteroatoms. The third kappa shape index (κ3) is 5.01. The fourth-order valence-electron chi connectivity index (χ4n) is 2.47. The second-order valence-corrected chi connectivity index (χ2v) is 6.17. The lowest BCUT2D eigenvalue weighted by atomic mass is 9.92. The molecular weight excluding hydrogens is 262 g/mol. The number of likely N-dealkylation sites (N-methyl/N-ethyl adjacent to an activating group) is 1. The standard InChI is InChI=1S/C18H31NO2/c1-6-18(13-20,19-5)10-7-11-21-17-12-16(14(2)3)9-8-15(17)4/h8-9,12,14,19-20H,6-7,10-11,13H2,1-5H3. The molecule has 2 N–H and O–H groups in total. The molecule has 21 heavy (non-hydrogen) atoms. The zero-order valence-electron chi connectivity index (χ0n) is 14.2. The molecule has 0 aliphatic rings. The van der Waals surface area contributed by atoms with Crippen LogP contribution in [-0.2, 0) is 0 Å². The molecule has 0 saturated carbocycles. The van der Waals surface area contributed by atoms with Gasteiger partial charge in [-0.1, -0.05) is 32.9 Å². The highest BCUT2D eigenvalue weighted by Crippen LogP contribution is 2.25.